The van der Waals surface area contributed by atoms with Crippen molar-refractivity contribution in [2.24, 2.45) is 0 Å². The summed E-state index contributed by atoms with van der Waals surface area (Å²) in [7, 11) is 0. The van der Waals surface area contributed by atoms with E-state index in [1.807, 2.05) is 24.3 Å². The van der Waals surface area contributed by atoms with Crippen LogP contribution in [0.3, 0.4) is 0 Å². The number of benzene rings is 1. The number of hydrogen-bond acceptors (Lipinski definition) is 4. The fourth-order valence-electron chi connectivity index (χ4n) is 2.06. The lowest BCUT2D eigenvalue weighted by molar-refractivity contribution is -0.118. The molecule has 1 aromatic heterocycles. The first-order chi connectivity index (χ1) is 10.6. The molecular formula is C17H22ClN3O2. The quantitative estimate of drug-likeness (QED) is 0.845. The van der Waals surface area contributed by atoms with Gasteiger partial charge in [0.1, 0.15) is 11.6 Å². The highest BCUT2D eigenvalue weighted by Gasteiger charge is 2.11. The van der Waals surface area contributed by atoms with Crippen molar-refractivity contribution in [3.63, 3.8) is 0 Å². The second-order valence-corrected chi connectivity index (χ2v) is 5.16. The Labute approximate surface area is 142 Å². The van der Waals surface area contributed by atoms with Gasteiger partial charge in [-0.3, -0.25) is 4.79 Å². The van der Waals surface area contributed by atoms with Gasteiger partial charge in [0.25, 0.3) is 5.91 Å². The number of pyridine rings is 1. The summed E-state index contributed by atoms with van der Waals surface area (Å²) >= 11 is 0. The number of hydrogen-bond donors (Lipinski definition) is 2. The topological polar surface area (TPSA) is 77.2 Å². The molecule has 0 fully saturated rings. The van der Waals surface area contributed by atoms with Gasteiger partial charge in [-0.2, -0.15) is 0 Å². The van der Waals surface area contributed by atoms with Gasteiger partial charge in [-0.05, 0) is 36.1 Å². The van der Waals surface area contributed by atoms with Gasteiger partial charge in [0, 0.05) is 0 Å². The number of nitrogen functional groups attached to an aromatic ring is 1. The van der Waals surface area contributed by atoms with Gasteiger partial charge >= 0.3 is 0 Å². The molecule has 6 heteroatoms. The molecule has 1 aromatic carbocycles. The largest absolute Gasteiger partial charge is 0.483 e. The Hall–Kier alpha value is -2.27. The highest BCUT2D eigenvalue weighted by Crippen LogP contribution is 2.28. The molecule has 0 spiro atoms. The summed E-state index contributed by atoms with van der Waals surface area (Å²) in [4.78, 5) is 15.8. The van der Waals surface area contributed by atoms with Crippen molar-refractivity contribution in [2.75, 3.05) is 17.7 Å². The molecular weight excluding hydrogens is 314 g/mol. The van der Waals surface area contributed by atoms with Crippen LogP contribution < -0.4 is 15.8 Å². The minimum absolute atomic E-state index is 0. The molecule has 0 aliphatic rings. The lowest BCUT2D eigenvalue weighted by atomic mass is 9.98. The van der Waals surface area contributed by atoms with Crippen LogP contribution in [-0.2, 0) is 4.79 Å². The third kappa shape index (κ3) is 5.45. The van der Waals surface area contributed by atoms with Crippen LogP contribution in [0.5, 0.6) is 5.75 Å². The van der Waals surface area contributed by atoms with E-state index in [-0.39, 0.29) is 24.9 Å². The summed E-state index contributed by atoms with van der Waals surface area (Å²) in [5.74, 6) is 1.32. The molecule has 3 N–H and O–H groups in total. The Balaban J connectivity index is 0.00000264. The van der Waals surface area contributed by atoms with Crippen LogP contribution in [0.1, 0.15) is 31.7 Å². The number of aromatic nitrogens is 1. The smallest absolute Gasteiger partial charge is 0.262 e. The van der Waals surface area contributed by atoms with Crippen molar-refractivity contribution >= 4 is 29.8 Å². The Morgan fingerprint density at radius 1 is 1.30 bits per heavy atom. The number of nitrogens with one attached hydrogen (secondary N) is 1. The van der Waals surface area contributed by atoms with Crippen LogP contribution in [0, 0.1) is 0 Å². The first-order valence-electron chi connectivity index (χ1n) is 7.33. The minimum atomic E-state index is -0.231. The number of nitrogens with zero attached hydrogens (tertiary/aromatic N) is 1. The number of amides is 1. The molecule has 1 amide bonds. The van der Waals surface area contributed by atoms with E-state index in [1.165, 1.54) is 6.20 Å². The van der Waals surface area contributed by atoms with Crippen molar-refractivity contribution < 1.29 is 9.53 Å². The van der Waals surface area contributed by atoms with Crippen molar-refractivity contribution in [3.8, 4) is 5.75 Å². The molecule has 1 heterocycles. The standard InChI is InChI=1S/C17H21N3O2.ClH/c1-3-12(2)14-6-4-5-7-15(14)22-11-17(21)20-13-8-9-16(18)19-10-13;/h4-10,12H,3,11H2,1-2H3,(H2,18,19)(H,20,21);1H. The lowest BCUT2D eigenvalue weighted by Crippen LogP contribution is -2.20. The zero-order valence-corrected chi connectivity index (χ0v) is 14.1. The molecule has 2 rings (SSSR count). The summed E-state index contributed by atoms with van der Waals surface area (Å²) in [6, 6.07) is 11.1. The molecule has 124 valence electrons. The fourth-order valence-corrected chi connectivity index (χ4v) is 2.06. The number of anilines is 2. The maximum absolute atomic E-state index is 11.9. The predicted molar refractivity (Wildman–Crippen MR) is 95.2 cm³/mol. The van der Waals surface area contributed by atoms with E-state index in [2.05, 4.69) is 24.1 Å². The zero-order valence-electron chi connectivity index (χ0n) is 13.3. The molecule has 1 unspecified atom stereocenters. The van der Waals surface area contributed by atoms with Crippen LogP contribution in [-0.4, -0.2) is 17.5 Å². The van der Waals surface area contributed by atoms with Crippen LogP contribution >= 0.6 is 12.4 Å². The number of carbonyl (C=O) groups is 1. The van der Waals surface area contributed by atoms with Gasteiger partial charge < -0.3 is 15.8 Å². The van der Waals surface area contributed by atoms with Crippen molar-refractivity contribution in [3.05, 3.63) is 48.2 Å². The van der Waals surface area contributed by atoms with Crippen LogP contribution in [0.4, 0.5) is 11.5 Å². The molecule has 0 aliphatic carbocycles. The molecule has 0 radical (unpaired) electrons. The molecule has 2 aromatic rings. The number of ether oxygens (including phenoxy) is 1. The minimum Gasteiger partial charge on any atom is -0.483 e. The highest BCUT2D eigenvalue weighted by molar-refractivity contribution is 5.91. The Morgan fingerprint density at radius 2 is 2.04 bits per heavy atom. The van der Waals surface area contributed by atoms with E-state index in [1.54, 1.807) is 12.1 Å². The van der Waals surface area contributed by atoms with E-state index in [4.69, 9.17) is 10.5 Å². The maximum atomic E-state index is 11.9. The molecule has 23 heavy (non-hydrogen) atoms. The maximum Gasteiger partial charge on any atom is 0.262 e. The summed E-state index contributed by atoms with van der Waals surface area (Å²) in [6.07, 6.45) is 2.53. The summed E-state index contributed by atoms with van der Waals surface area (Å²) < 4.78 is 5.66. The van der Waals surface area contributed by atoms with Crippen molar-refractivity contribution in [2.45, 2.75) is 26.2 Å². The van der Waals surface area contributed by atoms with Crippen LogP contribution in [0.15, 0.2) is 42.6 Å². The third-order valence-corrected chi connectivity index (χ3v) is 3.49. The molecule has 0 saturated heterocycles. The molecule has 0 saturated carbocycles. The van der Waals surface area contributed by atoms with Gasteiger partial charge in [-0.15, -0.1) is 12.4 Å². The Morgan fingerprint density at radius 3 is 2.70 bits per heavy atom. The van der Waals surface area contributed by atoms with Gasteiger partial charge in [0.2, 0.25) is 0 Å². The molecule has 0 aliphatic heterocycles. The van der Waals surface area contributed by atoms with Crippen LogP contribution in [0.25, 0.3) is 0 Å². The van der Waals surface area contributed by atoms with Crippen LogP contribution in [0.2, 0.25) is 0 Å². The number of rotatable bonds is 6. The fraction of sp³-hybridized carbons (Fsp3) is 0.294. The Kier molecular flexibility index (Phi) is 7.35. The molecule has 0 bridgehead atoms. The third-order valence-electron chi connectivity index (χ3n) is 3.49. The SMILES string of the molecule is CCC(C)c1ccccc1OCC(=O)Nc1ccc(N)nc1.Cl. The highest BCUT2D eigenvalue weighted by atomic mass is 35.5. The number of carbonyl (C=O) groups excluding carboxylic acids is 1. The van der Waals surface area contributed by atoms with Gasteiger partial charge in [0.15, 0.2) is 6.61 Å². The molecule has 5 nitrogen and oxygen atoms in total. The van der Waals surface area contributed by atoms with Crippen molar-refractivity contribution in [1.29, 1.82) is 0 Å². The summed E-state index contributed by atoms with van der Waals surface area (Å²) in [5.41, 5.74) is 7.21. The predicted octanol–water partition coefficient (Wildman–Crippen LogP) is 3.62. The first kappa shape index (κ1) is 18.8. The molecule has 1 atom stereocenters. The second kappa shape index (κ2) is 9.00. The van der Waals surface area contributed by atoms with E-state index < -0.39 is 0 Å². The van der Waals surface area contributed by atoms with Crippen molar-refractivity contribution in [1.82, 2.24) is 4.98 Å². The number of nitrogens with two attached hydrogens (primary N) is 1. The van der Waals surface area contributed by atoms with E-state index in [9.17, 15) is 4.79 Å². The van der Waals surface area contributed by atoms with E-state index >= 15 is 0 Å². The number of para-hydroxylation sites is 1. The average molecular weight is 336 g/mol. The summed E-state index contributed by atoms with van der Waals surface area (Å²) in [6.45, 7) is 4.22. The Bertz CT molecular complexity index is 632. The zero-order chi connectivity index (χ0) is 15.9. The normalized spacial score (nSPS) is 11.2. The average Bonchev–Trinajstić information content (AvgIpc) is 2.54. The van der Waals surface area contributed by atoms with E-state index in [0.717, 1.165) is 17.7 Å². The van der Waals surface area contributed by atoms with Gasteiger partial charge in [-0.25, -0.2) is 4.98 Å². The number of halogens is 1. The lowest BCUT2D eigenvalue weighted by Gasteiger charge is -2.15. The van der Waals surface area contributed by atoms with Gasteiger partial charge in [0.05, 0.1) is 11.9 Å². The second-order valence-electron chi connectivity index (χ2n) is 5.16. The monoisotopic (exact) mass is 335 g/mol. The summed E-state index contributed by atoms with van der Waals surface area (Å²) in [5, 5.41) is 2.72. The van der Waals surface area contributed by atoms with E-state index in [0.29, 0.717) is 17.4 Å². The van der Waals surface area contributed by atoms with Gasteiger partial charge in [-0.1, -0.05) is 32.0 Å². The first-order valence-corrected chi connectivity index (χ1v) is 7.33.